The molecule has 8 heteroatoms. The third kappa shape index (κ3) is 6.08. The molecule has 0 saturated heterocycles. The van der Waals surface area contributed by atoms with Crippen molar-refractivity contribution in [1.29, 1.82) is 0 Å². The number of nitrogens with zero attached hydrogens (tertiary/aromatic N) is 4. The van der Waals surface area contributed by atoms with Crippen LogP contribution in [0.25, 0.3) is 0 Å². The first-order chi connectivity index (χ1) is 14.3. The van der Waals surface area contributed by atoms with E-state index in [-0.39, 0.29) is 13.2 Å². The summed E-state index contributed by atoms with van der Waals surface area (Å²) in [5.74, 6) is 1.18. The number of ether oxygens (including phenoxy) is 2. The minimum Gasteiger partial charge on any atom is -0.491 e. The van der Waals surface area contributed by atoms with E-state index in [0.717, 1.165) is 22.8 Å². The van der Waals surface area contributed by atoms with Gasteiger partial charge in [0.1, 0.15) is 36.9 Å². The number of aromatic nitrogens is 4. The predicted molar refractivity (Wildman–Crippen MR) is 113 cm³/mol. The van der Waals surface area contributed by atoms with Gasteiger partial charge in [-0.2, -0.15) is 10.2 Å². The Balaban J connectivity index is 1.47. The lowest BCUT2D eigenvalue weighted by Crippen LogP contribution is -2.25. The van der Waals surface area contributed by atoms with Crippen LogP contribution in [0.1, 0.15) is 22.8 Å². The van der Waals surface area contributed by atoms with Crippen LogP contribution in [-0.2, 0) is 13.1 Å². The van der Waals surface area contributed by atoms with Crippen molar-refractivity contribution >= 4 is 0 Å². The summed E-state index contributed by atoms with van der Waals surface area (Å²) in [5, 5.41) is 29.2. The van der Waals surface area contributed by atoms with Gasteiger partial charge in [0, 0.05) is 17.5 Å². The molecule has 162 valence electrons. The number of benzene rings is 1. The molecule has 0 bridgehead atoms. The van der Waals surface area contributed by atoms with E-state index in [1.54, 1.807) is 27.6 Å². The average molecular weight is 415 g/mol. The van der Waals surface area contributed by atoms with E-state index in [9.17, 15) is 10.2 Å². The maximum absolute atomic E-state index is 10.2. The molecule has 8 nitrogen and oxygen atoms in total. The van der Waals surface area contributed by atoms with Crippen LogP contribution in [0.3, 0.4) is 0 Å². The van der Waals surface area contributed by atoms with Crippen molar-refractivity contribution < 1.29 is 19.7 Å². The number of hydrogen-bond acceptors (Lipinski definition) is 6. The smallest absolute Gasteiger partial charge is 0.123 e. The van der Waals surface area contributed by atoms with Crippen molar-refractivity contribution in [3.8, 4) is 11.5 Å². The summed E-state index contributed by atoms with van der Waals surface area (Å²) in [5.41, 5.74) is 3.85. The Kier molecular flexibility index (Phi) is 7.12. The maximum atomic E-state index is 10.2. The van der Waals surface area contributed by atoms with Crippen LogP contribution in [0, 0.1) is 27.7 Å². The van der Waals surface area contributed by atoms with Crippen molar-refractivity contribution in [3.63, 3.8) is 0 Å². The van der Waals surface area contributed by atoms with Gasteiger partial charge in [0.25, 0.3) is 0 Å². The van der Waals surface area contributed by atoms with E-state index in [2.05, 4.69) is 10.2 Å². The SMILES string of the molecule is Cc1cc(C)n(C[C@H](O)COc2cccc(OC[C@@H](O)Cn3nc(C)cc3C)c2)n1. The first-order valence-corrected chi connectivity index (χ1v) is 10.0. The summed E-state index contributed by atoms with van der Waals surface area (Å²) in [6.07, 6.45) is -1.37. The largest absolute Gasteiger partial charge is 0.491 e. The average Bonchev–Trinajstić information content (AvgIpc) is 3.18. The van der Waals surface area contributed by atoms with E-state index < -0.39 is 12.2 Å². The van der Waals surface area contributed by atoms with Crippen LogP contribution < -0.4 is 9.47 Å². The van der Waals surface area contributed by atoms with Gasteiger partial charge < -0.3 is 19.7 Å². The molecule has 0 spiro atoms. The molecule has 3 aromatic rings. The minimum absolute atomic E-state index is 0.141. The van der Waals surface area contributed by atoms with Gasteiger partial charge in [-0.25, -0.2) is 0 Å². The molecule has 0 amide bonds. The third-order valence-electron chi connectivity index (χ3n) is 4.66. The fraction of sp³-hybridized carbons (Fsp3) is 0.455. The van der Waals surface area contributed by atoms with Crippen molar-refractivity contribution in [2.24, 2.45) is 0 Å². The number of aliphatic hydroxyl groups excluding tert-OH is 2. The summed E-state index contributed by atoms with van der Waals surface area (Å²) >= 11 is 0. The molecule has 0 aliphatic heterocycles. The van der Waals surface area contributed by atoms with Crippen molar-refractivity contribution in [3.05, 3.63) is 59.2 Å². The van der Waals surface area contributed by atoms with Gasteiger partial charge in [-0.1, -0.05) is 6.07 Å². The Labute approximate surface area is 176 Å². The number of rotatable bonds is 10. The highest BCUT2D eigenvalue weighted by Crippen LogP contribution is 2.20. The number of aliphatic hydroxyl groups is 2. The predicted octanol–water partition coefficient (Wildman–Crippen LogP) is 2.19. The Morgan fingerprint density at radius 1 is 0.767 bits per heavy atom. The van der Waals surface area contributed by atoms with E-state index in [4.69, 9.17) is 9.47 Å². The second-order valence-electron chi connectivity index (χ2n) is 7.62. The summed E-state index contributed by atoms with van der Waals surface area (Å²) in [7, 11) is 0. The zero-order chi connectivity index (χ0) is 21.7. The molecule has 2 heterocycles. The minimum atomic E-state index is -0.685. The molecule has 30 heavy (non-hydrogen) atoms. The van der Waals surface area contributed by atoms with Gasteiger partial charge in [-0.05, 0) is 52.0 Å². The Morgan fingerprint density at radius 3 is 1.57 bits per heavy atom. The van der Waals surface area contributed by atoms with Gasteiger partial charge in [0.15, 0.2) is 0 Å². The first-order valence-electron chi connectivity index (χ1n) is 10.0. The van der Waals surface area contributed by atoms with Crippen molar-refractivity contribution in [1.82, 2.24) is 19.6 Å². The summed E-state index contributed by atoms with van der Waals surface area (Å²) in [6, 6.07) is 11.1. The molecular weight excluding hydrogens is 384 g/mol. The molecule has 0 fully saturated rings. The highest BCUT2D eigenvalue weighted by atomic mass is 16.5. The summed E-state index contributed by atoms with van der Waals surface area (Å²) in [6.45, 7) is 8.78. The third-order valence-corrected chi connectivity index (χ3v) is 4.66. The van der Waals surface area contributed by atoms with Crippen LogP contribution in [0.2, 0.25) is 0 Å². The molecule has 3 rings (SSSR count). The highest BCUT2D eigenvalue weighted by Gasteiger charge is 2.12. The molecule has 0 radical (unpaired) electrons. The van der Waals surface area contributed by atoms with Gasteiger partial charge in [-0.3, -0.25) is 9.36 Å². The molecule has 0 aliphatic rings. The van der Waals surface area contributed by atoms with Crippen molar-refractivity contribution in [2.75, 3.05) is 13.2 Å². The molecule has 2 atom stereocenters. The number of hydrogen-bond donors (Lipinski definition) is 2. The zero-order valence-electron chi connectivity index (χ0n) is 17.9. The molecule has 0 unspecified atom stereocenters. The second kappa shape index (κ2) is 9.77. The Hall–Kier alpha value is -2.84. The maximum Gasteiger partial charge on any atom is 0.123 e. The van der Waals surface area contributed by atoms with E-state index in [1.165, 1.54) is 0 Å². The number of aryl methyl sites for hydroxylation is 4. The van der Waals surface area contributed by atoms with Gasteiger partial charge in [0.05, 0.1) is 24.5 Å². The topological polar surface area (TPSA) is 94.6 Å². The lowest BCUT2D eigenvalue weighted by atomic mass is 10.3. The molecule has 2 aromatic heterocycles. The van der Waals surface area contributed by atoms with Gasteiger partial charge in [0.2, 0.25) is 0 Å². The van der Waals surface area contributed by atoms with Crippen molar-refractivity contribution in [2.45, 2.75) is 53.0 Å². The van der Waals surface area contributed by atoms with Gasteiger partial charge in [-0.15, -0.1) is 0 Å². The monoisotopic (exact) mass is 414 g/mol. The summed E-state index contributed by atoms with van der Waals surface area (Å²) < 4.78 is 14.9. The molecule has 2 N–H and O–H groups in total. The zero-order valence-corrected chi connectivity index (χ0v) is 17.9. The van der Waals surface area contributed by atoms with E-state index >= 15 is 0 Å². The van der Waals surface area contributed by atoms with Crippen LogP contribution in [-0.4, -0.2) is 55.2 Å². The fourth-order valence-corrected chi connectivity index (χ4v) is 3.26. The van der Waals surface area contributed by atoms with Crippen LogP contribution in [0.15, 0.2) is 36.4 Å². The van der Waals surface area contributed by atoms with E-state index in [1.807, 2.05) is 45.9 Å². The standard InChI is InChI=1S/C22H30N4O4/c1-15-8-17(3)25(23-15)11-19(27)13-29-21-6-5-7-22(10-21)30-14-20(28)12-26-18(4)9-16(2)24-26/h5-10,19-20,27-28H,11-14H2,1-4H3/t19-,20-/m0/s1. The molecule has 1 aromatic carbocycles. The van der Waals surface area contributed by atoms with E-state index in [0.29, 0.717) is 24.6 Å². The Morgan fingerprint density at radius 2 is 1.20 bits per heavy atom. The quantitative estimate of drug-likeness (QED) is 0.528. The second-order valence-corrected chi connectivity index (χ2v) is 7.62. The van der Waals surface area contributed by atoms with Gasteiger partial charge >= 0.3 is 0 Å². The normalized spacial score (nSPS) is 13.3. The molecule has 0 saturated carbocycles. The molecular formula is C22H30N4O4. The van der Waals surface area contributed by atoms with Crippen LogP contribution in [0.5, 0.6) is 11.5 Å². The lowest BCUT2D eigenvalue weighted by Gasteiger charge is -2.15. The molecule has 0 aliphatic carbocycles. The highest BCUT2D eigenvalue weighted by molar-refractivity contribution is 5.33. The lowest BCUT2D eigenvalue weighted by molar-refractivity contribution is 0.0854. The first kappa shape index (κ1) is 21.9. The van der Waals surface area contributed by atoms with Crippen LogP contribution in [0.4, 0.5) is 0 Å². The fourth-order valence-electron chi connectivity index (χ4n) is 3.26. The summed E-state index contributed by atoms with van der Waals surface area (Å²) in [4.78, 5) is 0. The van der Waals surface area contributed by atoms with Crippen LogP contribution >= 0.6 is 0 Å². The Bertz CT molecular complexity index is 892.